The van der Waals surface area contributed by atoms with Crippen LogP contribution in [-0.2, 0) is 0 Å². The quantitative estimate of drug-likeness (QED) is 0.670. The lowest BCUT2D eigenvalue weighted by Gasteiger charge is -2.31. The van der Waals surface area contributed by atoms with Crippen molar-refractivity contribution in [3.63, 3.8) is 0 Å². The Morgan fingerprint density at radius 2 is 1.89 bits per heavy atom. The van der Waals surface area contributed by atoms with Crippen LogP contribution in [-0.4, -0.2) is 55.1 Å². The first-order valence-corrected chi connectivity index (χ1v) is 10.9. The van der Waals surface area contributed by atoms with Gasteiger partial charge in [-0.25, -0.2) is 4.98 Å². The number of thiophene rings is 1. The van der Waals surface area contributed by atoms with Crippen molar-refractivity contribution in [2.45, 2.75) is 33.6 Å². The van der Waals surface area contributed by atoms with Crippen LogP contribution in [0.2, 0.25) is 0 Å². The van der Waals surface area contributed by atoms with Crippen LogP contribution < -0.4 is 10.2 Å². The van der Waals surface area contributed by atoms with Gasteiger partial charge in [-0.2, -0.15) is 0 Å². The molecule has 1 N–H and O–H groups in total. The molecule has 3 rings (SSSR count). The number of hydrogen-bond acceptors (Lipinski definition) is 6. The van der Waals surface area contributed by atoms with Gasteiger partial charge in [0.15, 0.2) is 5.13 Å². The first kappa shape index (κ1) is 24.4. The van der Waals surface area contributed by atoms with E-state index in [1.807, 2.05) is 11.0 Å². The Labute approximate surface area is 182 Å². The molecule has 1 fully saturated rings. The number of thiazole rings is 1. The standard InChI is InChI=1S/C18H28N4OS2.2ClH/c1-4-19-12-13-7-9-22(10-8-13)17(23)15-11-14-16(24-15)20-18(25-14)21(5-2)6-3;;/h11,13,19H,4-10,12H2,1-3H3;2*1H. The van der Waals surface area contributed by atoms with E-state index in [1.54, 1.807) is 22.7 Å². The van der Waals surface area contributed by atoms with Crippen LogP contribution >= 0.6 is 47.5 Å². The van der Waals surface area contributed by atoms with Crippen molar-refractivity contribution in [1.29, 1.82) is 0 Å². The summed E-state index contributed by atoms with van der Waals surface area (Å²) in [6.45, 7) is 12.2. The smallest absolute Gasteiger partial charge is 0.264 e. The zero-order valence-corrected chi connectivity index (χ0v) is 19.5. The lowest BCUT2D eigenvalue weighted by atomic mass is 9.96. The predicted molar refractivity (Wildman–Crippen MR) is 123 cm³/mol. The molecule has 1 amide bonds. The highest BCUT2D eigenvalue weighted by molar-refractivity contribution is 7.29. The van der Waals surface area contributed by atoms with E-state index in [1.165, 1.54) is 0 Å². The van der Waals surface area contributed by atoms with Crippen LogP contribution in [0.3, 0.4) is 0 Å². The normalized spacial score (nSPS) is 14.7. The summed E-state index contributed by atoms with van der Waals surface area (Å²) in [5, 5.41) is 4.48. The highest BCUT2D eigenvalue weighted by Gasteiger charge is 2.25. The van der Waals surface area contributed by atoms with E-state index in [0.29, 0.717) is 5.92 Å². The number of hydrogen-bond donors (Lipinski definition) is 1. The maximum Gasteiger partial charge on any atom is 0.264 e. The summed E-state index contributed by atoms with van der Waals surface area (Å²) in [7, 11) is 0. The second kappa shape index (κ2) is 11.4. The third kappa shape index (κ3) is 5.70. The number of nitrogens with one attached hydrogen (secondary N) is 1. The van der Waals surface area contributed by atoms with E-state index in [9.17, 15) is 4.79 Å². The molecule has 0 atom stereocenters. The van der Waals surface area contributed by atoms with Crippen LogP contribution in [0.15, 0.2) is 6.07 Å². The summed E-state index contributed by atoms with van der Waals surface area (Å²) < 4.78 is 1.14. The van der Waals surface area contributed by atoms with Crippen LogP contribution in [0, 0.1) is 5.92 Å². The molecule has 0 saturated carbocycles. The second-order valence-electron chi connectivity index (χ2n) is 6.49. The molecular formula is C18H30Cl2N4OS2. The molecule has 0 aliphatic carbocycles. The molecule has 0 spiro atoms. The SMILES string of the molecule is CCNCC1CCN(C(=O)c2cc3sc(N(CC)CC)nc3s2)CC1.Cl.Cl. The summed E-state index contributed by atoms with van der Waals surface area (Å²) >= 11 is 3.24. The molecule has 0 aromatic carbocycles. The number of carbonyl (C=O) groups excluding carboxylic acids is 1. The number of piperidine rings is 1. The Morgan fingerprint density at radius 1 is 1.22 bits per heavy atom. The maximum atomic E-state index is 12.8. The monoisotopic (exact) mass is 452 g/mol. The molecule has 154 valence electrons. The van der Waals surface area contributed by atoms with Gasteiger partial charge in [0.25, 0.3) is 5.91 Å². The number of nitrogens with zero attached hydrogens (tertiary/aromatic N) is 3. The third-order valence-corrected chi connectivity index (χ3v) is 7.12. The maximum absolute atomic E-state index is 12.8. The highest BCUT2D eigenvalue weighted by atomic mass is 35.5. The number of amides is 1. The van der Waals surface area contributed by atoms with Crippen LogP contribution in [0.4, 0.5) is 5.13 Å². The van der Waals surface area contributed by atoms with E-state index in [-0.39, 0.29) is 30.7 Å². The fourth-order valence-corrected chi connectivity index (χ4v) is 5.61. The Kier molecular flexibility index (Phi) is 10.3. The topological polar surface area (TPSA) is 48.5 Å². The Bertz CT molecular complexity index is 678. The van der Waals surface area contributed by atoms with Crippen molar-refractivity contribution in [1.82, 2.24) is 15.2 Å². The number of fused-ring (bicyclic) bond motifs is 1. The van der Waals surface area contributed by atoms with Gasteiger partial charge in [0.1, 0.15) is 4.83 Å². The van der Waals surface area contributed by atoms with Crippen LogP contribution in [0.1, 0.15) is 43.3 Å². The van der Waals surface area contributed by atoms with Crippen molar-refractivity contribution in [3.05, 3.63) is 10.9 Å². The minimum absolute atomic E-state index is 0. The molecule has 0 unspecified atom stereocenters. The van der Waals surface area contributed by atoms with E-state index in [0.717, 1.165) is 71.6 Å². The fraction of sp³-hybridized carbons (Fsp3) is 0.667. The summed E-state index contributed by atoms with van der Waals surface area (Å²) in [6.07, 6.45) is 2.20. The van der Waals surface area contributed by atoms with Crippen LogP contribution in [0.25, 0.3) is 9.53 Å². The Hall–Kier alpha value is -0.600. The van der Waals surface area contributed by atoms with Crippen molar-refractivity contribution in [2.75, 3.05) is 44.2 Å². The molecule has 3 heterocycles. The average Bonchev–Trinajstić information content (AvgIpc) is 3.20. The molecule has 1 aliphatic rings. The molecule has 9 heteroatoms. The van der Waals surface area contributed by atoms with Crippen LogP contribution in [0.5, 0.6) is 0 Å². The van der Waals surface area contributed by atoms with E-state index < -0.39 is 0 Å². The first-order chi connectivity index (χ1) is 12.2. The third-order valence-electron chi connectivity index (χ3n) is 4.91. The molecule has 1 aliphatic heterocycles. The van der Waals surface area contributed by atoms with Gasteiger partial charge < -0.3 is 15.1 Å². The highest BCUT2D eigenvalue weighted by Crippen LogP contribution is 2.35. The minimum atomic E-state index is 0. The van der Waals surface area contributed by atoms with Crippen molar-refractivity contribution < 1.29 is 4.79 Å². The lowest BCUT2D eigenvalue weighted by molar-refractivity contribution is 0.0695. The summed E-state index contributed by atoms with van der Waals surface area (Å²) in [6, 6.07) is 2.04. The molecule has 1 saturated heterocycles. The zero-order valence-electron chi connectivity index (χ0n) is 16.2. The lowest BCUT2D eigenvalue weighted by Crippen LogP contribution is -2.40. The minimum Gasteiger partial charge on any atom is -0.349 e. The van der Waals surface area contributed by atoms with Gasteiger partial charge in [0.05, 0.1) is 9.58 Å². The van der Waals surface area contributed by atoms with Gasteiger partial charge in [-0.15, -0.1) is 36.2 Å². The van der Waals surface area contributed by atoms with Gasteiger partial charge in [-0.05, 0) is 51.8 Å². The predicted octanol–water partition coefficient (Wildman–Crippen LogP) is 4.51. The summed E-state index contributed by atoms with van der Waals surface area (Å²) in [4.78, 5) is 23.6. The van der Waals surface area contributed by atoms with Gasteiger partial charge >= 0.3 is 0 Å². The average molecular weight is 454 g/mol. The molecule has 5 nitrogen and oxygen atoms in total. The molecular weight excluding hydrogens is 423 g/mol. The fourth-order valence-electron chi connectivity index (χ4n) is 3.30. The Morgan fingerprint density at radius 3 is 2.44 bits per heavy atom. The number of likely N-dealkylation sites (tertiary alicyclic amines) is 1. The number of rotatable bonds is 7. The zero-order chi connectivity index (χ0) is 17.8. The van der Waals surface area contributed by atoms with E-state index in [4.69, 9.17) is 4.98 Å². The van der Waals surface area contributed by atoms with Gasteiger partial charge in [-0.3, -0.25) is 4.79 Å². The number of halogens is 2. The summed E-state index contributed by atoms with van der Waals surface area (Å²) in [5.41, 5.74) is 0. The van der Waals surface area contributed by atoms with Gasteiger partial charge in [0, 0.05) is 26.2 Å². The number of carbonyl (C=O) groups is 1. The summed E-state index contributed by atoms with van der Waals surface area (Å²) in [5.74, 6) is 0.885. The second-order valence-corrected chi connectivity index (χ2v) is 8.53. The molecule has 2 aromatic rings. The van der Waals surface area contributed by atoms with Gasteiger partial charge in [-0.1, -0.05) is 18.3 Å². The largest absolute Gasteiger partial charge is 0.349 e. The molecule has 2 aromatic heterocycles. The van der Waals surface area contributed by atoms with Crippen molar-refractivity contribution >= 4 is 68.1 Å². The number of anilines is 1. The van der Waals surface area contributed by atoms with E-state index in [2.05, 4.69) is 31.0 Å². The van der Waals surface area contributed by atoms with E-state index >= 15 is 0 Å². The van der Waals surface area contributed by atoms with Crippen molar-refractivity contribution in [2.24, 2.45) is 5.92 Å². The molecule has 0 bridgehead atoms. The molecule has 27 heavy (non-hydrogen) atoms. The Balaban J connectivity index is 0.00000182. The van der Waals surface area contributed by atoms with Crippen molar-refractivity contribution in [3.8, 4) is 0 Å². The first-order valence-electron chi connectivity index (χ1n) is 9.31. The molecule has 0 radical (unpaired) electrons. The van der Waals surface area contributed by atoms with Gasteiger partial charge in [0.2, 0.25) is 0 Å². The number of aromatic nitrogens is 1.